The van der Waals surface area contributed by atoms with Gasteiger partial charge < -0.3 is 10.3 Å². The van der Waals surface area contributed by atoms with Crippen LogP contribution < -0.4 is 5.32 Å². The lowest BCUT2D eigenvalue weighted by atomic mass is 10.2. The third-order valence-electron chi connectivity index (χ3n) is 3.21. The van der Waals surface area contributed by atoms with Gasteiger partial charge in [-0.05, 0) is 48.5 Å². The van der Waals surface area contributed by atoms with Gasteiger partial charge in [-0.15, -0.1) is 0 Å². The minimum absolute atomic E-state index is 0.101. The van der Waals surface area contributed by atoms with Crippen molar-refractivity contribution >= 4 is 45.9 Å². The third-order valence-corrected chi connectivity index (χ3v) is 4.39. The molecule has 0 spiro atoms. The number of nitrogens with one attached hydrogen (secondary N) is 2. The molecule has 0 unspecified atom stereocenters. The van der Waals surface area contributed by atoms with E-state index in [0.29, 0.717) is 22.0 Å². The zero-order chi connectivity index (χ0) is 16.2. The summed E-state index contributed by atoms with van der Waals surface area (Å²) in [5.41, 5.74) is 2.23. The van der Waals surface area contributed by atoms with Crippen molar-refractivity contribution in [2.75, 3.05) is 11.1 Å². The molecule has 2 N–H and O–H groups in total. The molecule has 3 aromatic rings. The first-order valence-electron chi connectivity index (χ1n) is 6.85. The summed E-state index contributed by atoms with van der Waals surface area (Å²) in [4.78, 5) is 15.2. The van der Waals surface area contributed by atoms with Gasteiger partial charge in [0.2, 0.25) is 5.91 Å². The molecule has 0 aliphatic rings. The maximum atomic E-state index is 12.0. The molecule has 1 aromatic heterocycles. The van der Waals surface area contributed by atoms with Crippen LogP contribution in [0.25, 0.3) is 10.9 Å². The van der Waals surface area contributed by atoms with Gasteiger partial charge in [0.25, 0.3) is 0 Å². The number of amides is 1. The van der Waals surface area contributed by atoms with Gasteiger partial charge in [0.05, 0.1) is 22.4 Å². The van der Waals surface area contributed by atoms with Gasteiger partial charge in [0, 0.05) is 21.6 Å². The zero-order valence-electron chi connectivity index (χ0n) is 12.0. The summed E-state index contributed by atoms with van der Waals surface area (Å²) in [6, 6.07) is 16.4. The van der Waals surface area contributed by atoms with Crippen molar-refractivity contribution in [3.05, 3.63) is 59.1 Å². The fraction of sp³-hybridized carbons (Fsp3) is 0.0588. The Balaban J connectivity index is 1.60. The van der Waals surface area contributed by atoms with Gasteiger partial charge in [-0.2, -0.15) is 5.26 Å². The summed E-state index contributed by atoms with van der Waals surface area (Å²) in [5.74, 6) is 0.192. The smallest absolute Gasteiger partial charge is 0.234 e. The molecule has 6 heteroatoms. The van der Waals surface area contributed by atoms with E-state index in [1.165, 1.54) is 11.8 Å². The first kappa shape index (κ1) is 15.5. The predicted molar refractivity (Wildman–Crippen MR) is 93.8 cm³/mol. The number of halogens is 1. The number of carbonyl (C=O) groups is 1. The average molecular weight is 342 g/mol. The Kier molecular flexibility index (Phi) is 4.56. The lowest BCUT2D eigenvalue weighted by Crippen LogP contribution is -2.13. The van der Waals surface area contributed by atoms with Crippen molar-refractivity contribution in [3.8, 4) is 6.07 Å². The molecule has 0 aliphatic heterocycles. The van der Waals surface area contributed by atoms with Crippen molar-refractivity contribution in [3.63, 3.8) is 0 Å². The lowest BCUT2D eigenvalue weighted by Gasteiger charge is -2.04. The average Bonchev–Trinajstić information content (AvgIpc) is 2.95. The highest BCUT2D eigenvalue weighted by atomic mass is 35.5. The number of carbonyl (C=O) groups excluding carboxylic acids is 1. The van der Waals surface area contributed by atoms with Crippen molar-refractivity contribution in [1.29, 1.82) is 5.26 Å². The minimum atomic E-state index is -0.101. The molecule has 0 aliphatic carbocycles. The fourth-order valence-electron chi connectivity index (χ4n) is 2.12. The largest absolute Gasteiger partial charge is 0.350 e. The van der Waals surface area contributed by atoms with Gasteiger partial charge in [-0.25, -0.2) is 0 Å². The van der Waals surface area contributed by atoms with E-state index in [4.69, 9.17) is 16.9 Å². The molecule has 0 fully saturated rings. The molecular weight excluding hydrogens is 330 g/mol. The van der Waals surface area contributed by atoms with E-state index < -0.39 is 0 Å². The van der Waals surface area contributed by atoms with Gasteiger partial charge >= 0.3 is 0 Å². The number of hydrogen-bond acceptors (Lipinski definition) is 3. The number of aromatic amines is 1. The van der Waals surface area contributed by atoms with E-state index in [9.17, 15) is 4.79 Å². The highest BCUT2D eigenvalue weighted by Gasteiger charge is 2.07. The van der Waals surface area contributed by atoms with E-state index in [-0.39, 0.29) is 5.91 Å². The van der Waals surface area contributed by atoms with Crippen LogP contribution in [0.5, 0.6) is 0 Å². The summed E-state index contributed by atoms with van der Waals surface area (Å²) in [6.07, 6.45) is 0. The molecule has 23 heavy (non-hydrogen) atoms. The van der Waals surface area contributed by atoms with E-state index in [1.807, 2.05) is 30.3 Å². The van der Waals surface area contributed by atoms with Crippen LogP contribution in [-0.2, 0) is 4.79 Å². The van der Waals surface area contributed by atoms with Crippen molar-refractivity contribution in [2.45, 2.75) is 5.03 Å². The second-order valence-electron chi connectivity index (χ2n) is 4.89. The summed E-state index contributed by atoms with van der Waals surface area (Å²) >= 11 is 7.39. The van der Waals surface area contributed by atoms with Crippen LogP contribution in [0, 0.1) is 11.3 Å². The Labute approximate surface area is 142 Å². The third kappa shape index (κ3) is 3.86. The zero-order valence-corrected chi connectivity index (χ0v) is 13.5. The summed E-state index contributed by atoms with van der Waals surface area (Å²) in [5, 5.41) is 14.2. The first-order valence-corrected chi connectivity index (χ1v) is 8.21. The molecule has 1 heterocycles. The van der Waals surface area contributed by atoms with Crippen LogP contribution >= 0.6 is 23.4 Å². The number of rotatable bonds is 4. The van der Waals surface area contributed by atoms with Crippen LogP contribution in [-0.4, -0.2) is 16.6 Å². The van der Waals surface area contributed by atoms with Crippen LogP contribution in [0.15, 0.2) is 53.6 Å². The van der Waals surface area contributed by atoms with Gasteiger partial charge in [0.1, 0.15) is 0 Å². The molecule has 0 atom stereocenters. The number of aromatic nitrogens is 1. The second kappa shape index (κ2) is 6.78. The van der Waals surface area contributed by atoms with Gasteiger partial charge in [-0.1, -0.05) is 23.4 Å². The number of H-pyrrole nitrogens is 1. The Bertz CT molecular complexity index is 896. The van der Waals surface area contributed by atoms with Crippen LogP contribution in [0.3, 0.4) is 0 Å². The highest BCUT2D eigenvalue weighted by Crippen LogP contribution is 2.25. The van der Waals surface area contributed by atoms with Crippen LogP contribution in [0.2, 0.25) is 5.02 Å². The van der Waals surface area contributed by atoms with Crippen molar-refractivity contribution in [1.82, 2.24) is 4.98 Å². The Morgan fingerprint density at radius 1 is 1.22 bits per heavy atom. The van der Waals surface area contributed by atoms with E-state index in [1.54, 1.807) is 24.3 Å². The number of anilines is 1. The molecule has 3 rings (SSSR count). The number of nitriles is 1. The van der Waals surface area contributed by atoms with Crippen LogP contribution in [0.4, 0.5) is 5.69 Å². The monoisotopic (exact) mass is 341 g/mol. The molecule has 114 valence electrons. The molecular formula is C17H12ClN3OS. The number of hydrogen-bond donors (Lipinski definition) is 2. The summed E-state index contributed by atoms with van der Waals surface area (Å²) in [7, 11) is 0. The second-order valence-corrected chi connectivity index (χ2v) is 6.34. The molecule has 0 saturated heterocycles. The quantitative estimate of drug-likeness (QED) is 0.690. The summed E-state index contributed by atoms with van der Waals surface area (Å²) < 4.78 is 0. The number of fused-ring (bicyclic) bond motifs is 1. The highest BCUT2D eigenvalue weighted by molar-refractivity contribution is 7.99. The Morgan fingerprint density at radius 2 is 2.00 bits per heavy atom. The molecule has 0 radical (unpaired) electrons. The number of thioether (sulfide) groups is 1. The van der Waals surface area contributed by atoms with Crippen molar-refractivity contribution < 1.29 is 4.79 Å². The van der Waals surface area contributed by atoms with Gasteiger partial charge in [0.15, 0.2) is 0 Å². The Morgan fingerprint density at radius 3 is 2.74 bits per heavy atom. The maximum Gasteiger partial charge on any atom is 0.234 e. The minimum Gasteiger partial charge on any atom is -0.350 e. The topological polar surface area (TPSA) is 68.7 Å². The summed E-state index contributed by atoms with van der Waals surface area (Å²) in [6.45, 7) is 0. The van der Waals surface area contributed by atoms with Gasteiger partial charge in [-0.3, -0.25) is 4.79 Å². The molecule has 1 amide bonds. The van der Waals surface area contributed by atoms with Crippen LogP contribution in [0.1, 0.15) is 5.56 Å². The SMILES string of the molecule is N#Cc1ccc(NC(=O)CSc2cc3cc(Cl)ccc3[nH]2)cc1. The molecule has 2 aromatic carbocycles. The molecule has 0 saturated carbocycles. The molecule has 4 nitrogen and oxygen atoms in total. The number of benzene rings is 2. The Hall–Kier alpha value is -2.42. The number of nitrogens with zero attached hydrogens (tertiary/aromatic N) is 1. The van der Waals surface area contributed by atoms with Crippen molar-refractivity contribution in [2.24, 2.45) is 0 Å². The normalized spacial score (nSPS) is 10.4. The first-order chi connectivity index (χ1) is 11.1. The van der Waals surface area contributed by atoms with E-state index in [0.717, 1.165) is 15.9 Å². The van der Waals surface area contributed by atoms with E-state index in [2.05, 4.69) is 10.3 Å². The van der Waals surface area contributed by atoms with E-state index >= 15 is 0 Å². The molecule has 0 bridgehead atoms. The predicted octanol–water partition coefficient (Wildman–Crippen LogP) is 4.42. The standard InChI is InChI=1S/C17H12ClN3OS/c18-13-3-6-15-12(7-13)8-17(21-15)23-10-16(22)20-14-4-1-11(9-19)2-5-14/h1-8,21H,10H2,(H,20,22). The maximum absolute atomic E-state index is 12.0. The lowest BCUT2D eigenvalue weighted by molar-refractivity contribution is -0.113. The fourth-order valence-corrected chi connectivity index (χ4v) is 3.05.